The van der Waals surface area contributed by atoms with E-state index in [4.69, 9.17) is 0 Å². The van der Waals surface area contributed by atoms with Gasteiger partial charge in [-0.1, -0.05) is 29.3 Å². The van der Waals surface area contributed by atoms with Gasteiger partial charge in [0.05, 0.1) is 0 Å². The summed E-state index contributed by atoms with van der Waals surface area (Å²) in [7, 11) is 0. The van der Waals surface area contributed by atoms with Gasteiger partial charge in [0.15, 0.2) is 0 Å². The number of aromatic nitrogens is 2. The van der Waals surface area contributed by atoms with Crippen LogP contribution in [0.2, 0.25) is 0 Å². The van der Waals surface area contributed by atoms with Crippen molar-refractivity contribution < 1.29 is 5.11 Å². The number of aryl methyl sites for hydroxylation is 2. The molecule has 2 aromatic rings. The lowest BCUT2D eigenvalue weighted by Crippen LogP contribution is -2.01. The van der Waals surface area contributed by atoms with Crippen molar-refractivity contribution in [2.24, 2.45) is 0 Å². The SMILES string of the molecule is Cc1cc(C)cc(C(O)c2cncnc2)c1. The zero-order valence-corrected chi connectivity index (χ0v) is 9.38. The Morgan fingerprint density at radius 3 is 2.06 bits per heavy atom. The molecule has 3 nitrogen and oxygen atoms in total. The molecule has 0 saturated heterocycles. The molecule has 0 aliphatic heterocycles. The van der Waals surface area contributed by atoms with Crippen LogP contribution in [0.3, 0.4) is 0 Å². The van der Waals surface area contributed by atoms with Crippen LogP contribution in [0.25, 0.3) is 0 Å². The molecule has 0 spiro atoms. The van der Waals surface area contributed by atoms with Crippen LogP contribution >= 0.6 is 0 Å². The highest BCUT2D eigenvalue weighted by Gasteiger charge is 2.11. The van der Waals surface area contributed by atoms with Gasteiger partial charge >= 0.3 is 0 Å². The maximum absolute atomic E-state index is 10.2. The Bertz CT molecular complexity index is 462. The van der Waals surface area contributed by atoms with Gasteiger partial charge < -0.3 is 5.11 Å². The Hall–Kier alpha value is -1.74. The predicted molar refractivity (Wildman–Crippen MR) is 62.0 cm³/mol. The first-order valence-electron chi connectivity index (χ1n) is 5.18. The smallest absolute Gasteiger partial charge is 0.115 e. The fourth-order valence-electron chi connectivity index (χ4n) is 1.81. The summed E-state index contributed by atoms with van der Waals surface area (Å²) in [5.41, 5.74) is 3.89. The van der Waals surface area contributed by atoms with Crippen LogP contribution in [0.15, 0.2) is 36.9 Å². The molecule has 1 aromatic carbocycles. The van der Waals surface area contributed by atoms with E-state index in [1.807, 2.05) is 26.0 Å². The number of rotatable bonds is 2. The lowest BCUT2D eigenvalue weighted by Gasteiger charge is -2.12. The lowest BCUT2D eigenvalue weighted by atomic mass is 10.00. The Balaban J connectivity index is 2.37. The monoisotopic (exact) mass is 214 g/mol. The van der Waals surface area contributed by atoms with Gasteiger partial charge in [0.25, 0.3) is 0 Å². The van der Waals surface area contributed by atoms with Crippen molar-refractivity contribution in [1.82, 2.24) is 9.97 Å². The van der Waals surface area contributed by atoms with Gasteiger partial charge in [0, 0.05) is 18.0 Å². The highest BCUT2D eigenvalue weighted by atomic mass is 16.3. The maximum atomic E-state index is 10.2. The Labute approximate surface area is 94.8 Å². The normalized spacial score (nSPS) is 12.4. The third-order valence-electron chi connectivity index (χ3n) is 2.46. The summed E-state index contributed by atoms with van der Waals surface area (Å²) in [6.07, 6.45) is 4.07. The molecular weight excluding hydrogens is 200 g/mol. The molecule has 1 atom stereocenters. The van der Waals surface area contributed by atoms with Crippen molar-refractivity contribution >= 4 is 0 Å². The molecule has 0 amide bonds. The predicted octanol–water partition coefficient (Wildman–Crippen LogP) is 2.18. The van der Waals surface area contributed by atoms with Gasteiger partial charge in [-0.25, -0.2) is 9.97 Å². The quantitative estimate of drug-likeness (QED) is 0.833. The molecule has 16 heavy (non-hydrogen) atoms. The minimum absolute atomic E-state index is 0.653. The van der Waals surface area contributed by atoms with Crippen LogP contribution in [0.5, 0.6) is 0 Å². The van der Waals surface area contributed by atoms with Gasteiger partial charge in [0.1, 0.15) is 12.4 Å². The zero-order chi connectivity index (χ0) is 11.5. The van der Waals surface area contributed by atoms with Gasteiger partial charge in [-0.05, 0) is 19.4 Å². The summed E-state index contributed by atoms with van der Waals surface area (Å²) in [5, 5.41) is 10.2. The molecule has 0 saturated carbocycles. The van der Waals surface area contributed by atoms with Gasteiger partial charge in [0.2, 0.25) is 0 Å². The van der Waals surface area contributed by atoms with Gasteiger partial charge in [-0.2, -0.15) is 0 Å². The zero-order valence-electron chi connectivity index (χ0n) is 9.38. The Kier molecular flexibility index (Phi) is 2.97. The number of nitrogens with zero attached hydrogens (tertiary/aromatic N) is 2. The van der Waals surface area contributed by atoms with E-state index in [1.54, 1.807) is 12.4 Å². The largest absolute Gasteiger partial charge is 0.384 e. The second kappa shape index (κ2) is 4.41. The first-order valence-corrected chi connectivity index (χ1v) is 5.18. The molecule has 0 fully saturated rings. The molecule has 82 valence electrons. The first-order chi connectivity index (χ1) is 7.66. The molecule has 1 heterocycles. The summed E-state index contributed by atoms with van der Waals surface area (Å²) in [5.74, 6) is 0. The standard InChI is InChI=1S/C13H14N2O/c1-9-3-10(2)5-11(4-9)13(16)12-6-14-8-15-7-12/h3-8,13,16H,1-2H3. The summed E-state index contributed by atoms with van der Waals surface area (Å²) >= 11 is 0. The van der Waals surface area contributed by atoms with E-state index in [1.165, 1.54) is 6.33 Å². The van der Waals surface area contributed by atoms with Crippen LogP contribution in [-0.2, 0) is 0 Å². The van der Waals surface area contributed by atoms with Crippen molar-refractivity contribution in [3.8, 4) is 0 Å². The third kappa shape index (κ3) is 2.25. The second-order valence-electron chi connectivity index (χ2n) is 4.00. The van der Waals surface area contributed by atoms with E-state index >= 15 is 0 Å². The average molecular weight is 214 g/mol. The second-order valence-corrected chi connectivity index (χ2v) is 4.00. The van der Waals surface area contributed by atoms with Crippen molar-refractivity contribution in [1.29, 1.82) is 0 Å². The maximum Gasteiger partial charge on any atom is 0.115 e. The van der Waals surface area contributed by atoms with Crippen LogP contribution in [-0.4, -0.2) is 15.1 Å². The number of aliphatic hydroxyl groups is 1. The van der Waals surface area contributed by atoms with Crippen LogP contribution in [0.4, 0.5) is 0 Å². The fraction of sp³-hybridized carbons (Fsp3) is 0.231. The van der Waals surface area contributed by atoms with E-state index in [-0.39, 0.29) is 0 Å². The molecule has 0 aliphatic rings. The number of hydrogen-bond acceptors (Lipinski definition) is 3. The fourth-order valence-corrected chi connectivity index (χ4v) is 1.81. The third-order valence-corrected chi connectivity index (χ3v) is 2.46. The summed E-state index contributed by atoms with van der Waals surface area (Å²) < 4.78 is 0. The molecule has 0 bridgehead atoms. The number of aliphatic hydroxyl groups excluding tert-OH is 1. The van der Waals surface area contributed by atoms with E-state index in [9.17, 15) is 5.11 Å². The number of benzene rings is 1. The van der Waals surface area contributed by atoms with E-state index < -0.39 is 6.10 Å². The molecule has 1 aromatic heterocycles. The van der Waals surface area contributed by atoms with Gasteiger partial charge in [-0.3, -0.25) is 0 Å². The lowest BCUT2D eigenvalue weighted by molar-refractivity contribution is 0.219. The molecule has 0 radical (unpaired) electrons. The summed E-state index contributed by atoms with van der Waals surface area (Å²) in [6, 6.07) is 6.03. The molecule has 3 heteroatoms. The molecule has 1 N–H and O–H groups in total. The topological polar surface area (TPSA) is 46.0 Å². The van der Waals surface area contributed by atoms with Gasteiger partial charge in [-0.15, -0.1) is 0 Å². The van der Waals surface area contributed by atoms with Crippen LogP contribution in [0, 0.1) is 13.8 Å². The van der Waals surface area contributed by atoms with E-state index in [0.29, 0.717) is 5.56 Å². The first kappa shape index (κ1) is 10.8. The minimum atomic E-state index is -0.653. The molecule has 2 rings (SSSR count). The van der Waals surface area contributed by atoms with E-state index in [2.05, 4.69) is 16.0 Å². The van der Waals surface area contributed by atoms with Crippen LogP contribution in [0.1, 0.15) is 28.4 Å². The number of hydrogen-bond donors (Lipinski definition) is 1. The Morgan fingerprint density at radius 2 is 1.50 bits per heavy atom. The van der Waals surface area contributed by atoms with Crippen molar-refractivity contribution in [3.63, 3.8) is 0 Å². The van der Waals surface area contributed by atoms with E-state index in [0.717, 1.165) is 16.7 Å². The highest BCUT2D eigenvalue weighted by Crippen LogP contribution is 2.22. The van der Waals surface area contributed by atoms with Crippen LogP contribution < -0.4 is 0 Å². The van der Waals surface area contributed by atoms with Crippen molar-refractivity contribution in [3.05, 3.63) is 59.2 Å². The van der Waals surface area contributed by atoms with Crippen molar-refractivity contribution in [2.45, 2.75) is 20.0 Å². The molecule has 1 unspecified atom stereocenters. The molecule has 0 aliphatic carbocycles. The summed E-state index contributed by atoms with van der Waals surface area (Å²) in [4.78, 5) is 7.81. The minimum Gasteiger partial charge on any atom is -0.384 e. The Morgan fingerprint density at radius 1 is 0.938 bits per heavy atom. The summed E-state index contributed by atoms with van der Waals surface area (Å²) in [6.45, 7) is 4.04. The molecular formula is C13H14N2O. The van der Waals surface area contributed by atoms with Crippen molar-refractivity contribution in [2.75, 3.05) is 0 Å². The highest BCUT2D eigenvalue weighted by molar-refractivity contribution is 5.33. The average Bonchev–Trinajstić information content (AvgIpc) is 2.28.